The van der Waals surface area contributed by atoms with Gasteiger partial charge in [-0.1, -0.05) is 12.1 Å². The second-order valence-electron chi connectivity index (χ2n) is 4.12. The van der Waals surface area contributed by atoms with Crippen molar-refractivity contribution in [2.45, 2.75) is 18.9 Å². The van der Waals surface area contributed by atoms with E-state index in [9.17, 15) is 0 Å². The van der Waals surface area contributed by atoms with Gasteiger partial charge in [-0.05, 0) is 40.9 Å². The predicted molar refractivity (Wildman–Crippen MR) is 72.4 cm³/mol. The molecule has 1 aliphatic heterocycles. The molecule has 0 spiro atoms. The predicted octanol–water partition coefficient (Wildman–Crippen LogP) is 3.06. The maximum absolute atomic E-state index is 5.58. The Balaban J connectivity index is 1.58. The van der Waals surface area contributed by atoms with Crippen molar-refractivity contribution in [3.8, 4) is 0 Å². The van der Waals surface area contributed by atoms with Crippen LogP contribution in [0.5, 0.6) is 0 Å². The standard InChI is InChI=1S/C13H18BrNO2/c14-12-5-1-2-6-13(12)15-7-9-16-10-11-4-3-8-17-11/h1-2,5-6,11,15H,3-4,7-10H2. The zero-order chi connectivity index (χ0) is 11.9. The Bertz CT molecular complexity index is 340. The van der Waals surface area contributed by atoms with E-state index < -0.39 is 0 Å². The van der Waals surface area contributed by atoms with Crippen LogP contribution in [0.4, 0.5) is 5.69 Å². The third-order valence-corrected chi connectivity index (χ3v) is 3.45. The topological polar surface area (TPSA) is 30.5 Å². The van der Waals surface area contributed by atoms with Crippen molar-refractivity contribution in [1.29, 1.82) is 0 Å². The van der Waals surface area contributed by atoms with Crippen LogP contribution < -0.4 is 5.32 Å². The highest BCUT2D eigenvalue weighted by Gasteiger charge is 2.14. The first kappa shape index (κ1) is 12.9. The van der Waals surface area contributed by atoms with Crippen LogP contribution in [0.1, 0.15) is 12.8 Å². The zero-order valence-electron chi connectivity index (χ0n) is 9.82. The summed E-state index contributed by atoms with van der Waals surface area (Å²) in [5.41, 5.74) is 1.10. The summed E-state index contributed by atoms with van der Waals surface area (Å²) in [6, 6.07) is 8.09. The molecule has 0 radical (unpaired) electrons. The molecule has 94 valence electrons. The highest BCUT2D eigenvalue weighted by atomic mass is 79.9. The second-order valence-corrected chi connectivity index (χ2v) is 4.97. The lowest BCUT2D eigenvalue weighted by Gasteiger charge is -2.11. The van der Waals surface area contributed by atoms with Crippen molar-refractivity contribution >= 4 is 21.6 Å². The highest BCUT2D eigenvalue weighted by molar-refractivity contribution is 9.10. The number of rotatable bonds is 6. The average molecular weight is 300 g/mol. The highest BCUT2D eigenvalue weighted by Crippen LogP contribution is 2.20. The summed E-state index contributed by atoms with van der Waals surface area (Å²) in [6.07, 6.45) is 2.62. The van der Waals surface area contributed by atoms with E-state index in [1.165, 1.54) is 6.42 Å². The quantitative estimate of drug-likeness (QED) is 0.819. The smallest absolute Gasteiger partial charge is 0.0809 e. The number of benzene rings is 1. The molecule has 3 nitrogen and oxygen atoms in total. The van der Waals surface area contributed by atoms with Crippen LogP contribution >= 0.6 is 15.9 Å². The van der Waals surface area contributed by atoms with E-state index in [4.69, 9.17) is 9.47 Å². The van der Waals surface area contributed by atoms with Gasteiger partial charge in [0, 0.05) is 23.3 Å². The molecule has 4 heteroatoms. The largest absolute Gasteiger partial charge is 0.382 e. The Labute approximate surface area is 111 Å². The molecule has 17 heavy (non-hydrogen) atoms. The van der Waals surface area contributed by atoms with Crippen molar-refractivity contribution < 1.29 is 9.47 Å². The molecule has 0 aromatic heterocycles. The molecule has 1 unspecified atom stereocenters. The Kier molecular flexibility index (Phi) is 5.29. The second kappa shape index (κ2) is 6.99. The number of para-hydroxylation sites is 1. The Morgan fingerprint density at radius 3 is 3.06 bits per heavy atom. The van der Waals surface area contributed by atoms with E-state index in [1.54, 1.807) is 0 Å². The van der Waals surface area contributed by atoms with E-state index in [2.05, 4.69) is 21.2 Å². The van der Waals surface area contributed by atoms with Gasteiger partial charge < -0.3 is 14.8 Å². The van der Waals surface area contributed by atoms with Crippen molar-refractivity contribution in [2.75, 3.05) is 31.7 Å². The molecule has 0 bridgehead atoms. The van der Waals surface area contributed by atoms with Gasteiger partial charge in [0.05, 0.1) is 19.3 Å². The minimum absolute atomic E-state index is 0.318. The molecule has 1 heterocycles. The molecule has 1 atom stereocenters. The van der Waals surface area contributed by atoms with Gasteiger partial charge in [-0.3, -0.25) is 0 Å². The Hall–Kier alpha value is -0.580. The van der Waals surface area contributed by atoms with Crippen LogP contribution in [-0.2, 0) is 9.47 Å². The van der Waals surface area contributed by atoms with Crippen LogP contribution in [0, 0.1) is 0 Å². The number of anilines is 1. The molecule has 1 aromatic rings. The van der Waals surface area contributed by atoms with Crippen molar-refractivity contribution in [3.63, 3.8) is 0 Å². The first-order chi connectivity index (χ1) is 8.36. The Morgan fingerprint density at radius 2 is 2.29 bits per heavy atom. The van der Waals surface area contributed by atoms with Gasteiger partial charge in [-0.15, -0.1) is 0 Å². The maximum atomic E-state index is 5.58. The monoisotopic (exact) mass is 299 g/mol. The lowest BCUT2D eigenvalue weighted by molar-refractivity contribution is 0.0206. The van der Waals surface area contributed by atoms with Crippen molar-refractivity contribution in [1.82, 2.24) is 0 Å². The van der Waals surface area contributed by atoms with Gasteiger partial charge in [0.2, 0.25) is 0 Å². The molecule has 0 saturated carbocycles. The lowest BCUT2D eigenvalue weighted by Crippen LogP contribution is -2.17. The Morgan fingerprint density at radius 1 is 1.41 bits per heavy atom. The van der Waals surface area contributed by atoms with Crippen LogP contribution in [0.25, 0.3) is 0 Å². The van der Waals surface area contributed by atoms with Crippen LogP contribution in [0.3, 0.4) is 0 Å². The summed E-state index contributed by atoms with van der Waals surface area (Å²) in [5, 5.41) is 3.33. The molecule has 0 aliphatic carbocycles. The SMILES string of the molecule is Brc1ccccc1NCCOCC1CCCO1. The molecule has 1 N–H and O–H groups in total. The summed E-state index contributed by atoms with van der Waals surface area (Å²) in [5.74, 6) is 0. The van der Waals surface area contributed by atoms with Gasteiger partial charge in [0.25, 0.3) is 0 Å². The van der Waals surface area contributed by atoms with Crippen molar-refractivity contribution in [3.05, 3.63) is 28.7 Å². The van der Waals surface area contributed by atoms with Gasteiger partial charge in [0.1, 0.15) is 0 Å². The summed E-state index contributed by atoms with van der Waals surface area (Å²) in [7, 11) is 0. The third-order valence-electron chi connectivity index (χ3n) is 2.76. The number of ether oxygens (including phenoxy) is 2. The minimum Gasteiger partial charge on any atom is -0.382 e. The van der Waals surface area contributed by atoms with Crippen LogP contribution in [0.2, 0.25) is 0 Å². The molecule has 1 aromatic carbocycles. The van der Waals surface area contributed by atoms with Crippen LogP contribution in [-0.4, -0.2) is 32.5 Å². The molecule has 0 amide bonds. The van der Waals surface area contributed by atoms with E-state index in [1.807, 2.05) is 24.3 Å². The number of halogens is 1. The fraction of sp³-hybridized carbons (Fsp3) is 0.538. The number of nitrogens with one attached hydrogen (secondary N) is 1. The first-order valence-corrected chi connectivity index (χ1v) is 6.83. The van der Waals surface area contributed by atoms with Gasteiger partial charge in [0.15, 0.2) is 0 Å². The van der Waals surface area contributed by atoms with Gasteiger partial charge in [-0.25, -0.2) is 0 Å². The normalized spacial score (nSPS) is 19.5. The fourth-order valence-corrected chi connectivity index (χ4v) is 2.28. The molecular weight excluding hydrogens is 282 g/mol. The maximum Gasteiger partial charge on any atom is 0.0809 e. The van der Waals surface area contributed by atoms with E-state index >= 15 is 0 Å². The zero-order valence-corrected chi connectivity index (χ0v) is 11.4. The van der Waals surface area contributed by atoms with Crippen LogP contribution in [0.15, 0.2) is 28.7 Å². The summed E-state index contributed by atoms with van der Waals surface area (Å²) >= 11 is 3.50. The van der Waals surface area contributed by atoms with Crippen molar-refractivity contribution in [2.24, 2.45) is 0 Å². The molecular formula is C13H18BrNO2. The van der Waals surface area contributed by atoms with E-state index in [-0.39, 0.29) is 0 Å². The summed E-state index contributed by atoms with van der Waals surface area (Å²) in [4.78, 5) is 0. The summed E-state index contributed by atoms with van der Waals surface area (Å²) in [6.45, 7) is 3.14. The van der Waals surface area contributed by atoms with Gasteiger partial charge >= 0.3 is 0 Å². The number of hydrogen-bond acceptors (Lipinski definition) is 3. The third kappa shape index (κ3) is 4.30. The molecule has 1 fully saturated rings. The lowest BCUT2D eigenvalue weighted by atomic mass is 10.2. The van der Waals surface area contributed by atoms with E-state index in [0.717, 1.165) is 36.3 Å². The molecule has 1 aliphatic rings. The molecule has 1 saturated heterocycles. The van der Waals surface area contributed by atoms with Gasteiger partial charge in [-0.2, -0.15) is 0 Å². The minimum atomic E-state index is 0.318. The first-order valence-electron chi connectivity index (χ1n) is 6.04. The average Bonchev–Trinajstić information content (AvgIpc) is 2.84. The number of hydrogen-bond donors (Lipinski definition) is 1. The molecule has 2 rings (SSSR count). The van der Waals surface area contributed by atoms with E-state index in [0.29, 0.717) is 12.7 Å². The fourth-order valence-electron chi connectivity index (χ4n) is 1.85. The summed E-state index contributed by atoms with van der Waals surface area (Å²) < 4.78 is 12.1.